The summed E-state index contributed by atoms with van der Waals surface area (Å²) in [5, 5.41) is 12.0. The minimum Gasteiger partial charge on any atom is -0.321 e. The fraction of sp³-hybridized carbons (Fsp3) is 0.500. The molecular weight excluding hydrogens is 290 g/mol. The molecule has 0 spiro atoms. The van der Waals surface area contributed by atoms with Gasteiger partial charge in [0.05, 0.1) is 34.0 Å². The largest absolute Gasteiger partial charge is 0.321 e. The molecule has 1 N–H and O–H groups in total. The second-order valence-electron chi connectivity index (χ2n) is 5.05. The van der Waals surface area contributed by atoms with Crippen molar-refractivity contribution < 1.29 is 4.79 Å². The summed E-state index contributed by atoms with van der Waals surface area (Å²) in [5.41, 5.74) is 3.17. The van der Waals surface area contributed by atoms with Crippen molar-refractivity contribution in [1.29, 1.82) is 0 Å². The quantitative estimate of drug-likeness (QED) is 0.944. The molecule has 0 saturated heterocycles. The van der Waals surface area contributed by atoms with Gasteiger partial charge in [-0.15, -0.1) is 0 Å². The lowest BCUT2D eigenvalue weighted by Crippen LogP contribution is -2.25. The summed E-state index contributed by atoms with van der Waals surface area (Å²) < 4.78 is 3.48. The Kier molecular flexibility index (Phi) is 4.37. The molecule has 0 fully saturated rings. The van der Waals surface area contributed by atoms with Crippen LogP contribution in [-0.4, -0.2) is 25.5 Å². The number of carbonyl (C=O) groups excluding carboxylic acids is 1. The van der Waals surface area contributed by atoms with Crippen molar-refractivity contribution >= 4 is 23.2 Å². The van der Waals surface area contributed by atoms with Gasteiger partial charge in [-0.25, -0.2) is 0 Å². The molecule has 6 nitrogen and oxygen atoms in total. The average Bonchev–Trinajstić information content (AvgIpc) is 2.93. The second-order valence-corrected chi connectivity index (χ2v) is 5.43. The average molecular weight is 310 g/mol. The summed E-state index contributed by atoms with van der Waals surface area (Å²) in [6, 6.07) is -0.444. The first-order valence-corrected chi connectivity index (χ1v) is 7.29. The Morgan fingerprint density at radius 2 is 2.05 bits per heavy atom. The van der Waals surface area contributed by atoms with Crippen molar-refractivity contribution in [2.75, 3.05) is 5.32 Å². The number of amides is 1. The number of aryl methyl sites for hydroxylation is 2. The first kappa shape index (κ1) is 15.6. The van der Waals surface area contributed by atoms with Gasteiger partial charge in [-0.2, -0.15) is 10.2 Å². The topological polar surface area (TPSA) is 64.7 Å². The van der Waals surface area contributed by atoms with Crippen LogP contribution in [0.2, 0.25) is 5.02 Å². The van der Waals surface area contributed by atoms with Crippen molar-refractivity contribution in [1.82, 2.24) is 19.6 Å². The molecule has 0 aliphatic carbocycles. The van der Waals surface area contributed by atoms with Crippen LogP contribution in [0, 0.1) is 20.8 Å². The molecule has 2 aromatic heterocycles. The Balaban J connectivity index is 2.19. The molecule has 2 heterocycles. The van der Waals surface area contributed by atoms with Gasteiger partial charge >= 0.3 is 0 Å². The van der Waals surface area contributed by atoms with E-state index in [1.165, 1.54) is 0 Å². The Morgan fingerprint density at radius 1 is 1.38 bits per heavy atom. The first-order chi connectivity index (χ1) is 9.86. The van der Waals surface area contributed by atoms with E-state index in [1.54, 1.807) is 17.8 Å². The van der Waals surface area contributed by atoms with E-state index in [2.05, 4.69) is 15.5 Å². The fourth-order valence-electron chi connectivity index (χ4n) is 2.26. The molecule has 0 bridgehead atoms. The van der Waals surface area contributed by atoms with Gasteiger partial charge in [0.15, 0.2) is 0 Å². The Labute approximate surface area is 129 Å². The number of hydrogen-bond acceptors (Lipinski definition) is 3. The Bertz CT molecular complexity index is 673. The van der Waals surface area contributed by atoms with E-state index in [4.69, 9.17) is 11.6 Å². The molecule has 0 radical (unpaired) electrons. The van der Waals surface area contributed by atoms with Gasteiger partial charge in [0, 0.05) is 6.54 Å². The van der Waals surface area contributed by atoms with E-state index in [-0.39, 0.29) is 5.91 Å². The van der Waals surface area contributed by atoms with Crippen LogP contribution in [0.25, 0.3) is 0 Å². The lowest BCUT2D eigenvalue weighted by atomic mass is 10.3. The number of nitrogens with one attached hydrogen (secondary N) is 1. The lowest BCUT2D eigenvalue weighted by Gasteiger charge is -2.14. The number of nitrogens with zero attached hydrogens (tertiary/aromatic N) is 4. The molecular formula is C14H20ClN5O. The molecule has 0 aliphatic heterocycles. The van der Waals surface area contributed by atoms with Crippen LogP contribution in [0.1, 0.15) is 37.0 Å². The maximum atomic E-state index is 12.4. The minimum atomic E-state index is -0.444. The predicted octanol–water partition coefficient (Wildman–Crippen LogP) is 2.88. The van der Waals surface area contributed by atoms with Gasteiger partial charge in [-0.1, -0.05) is 11.6 Å². The summed E-state index contributed by atoms with van der Waals surface area (Å²) in [5.74, 6) is -0.143. The number of carbonyl (C=O) groups is 1. The SMILES string of the molecule is CCn1ncc(NC(=O)C(C)n2nc(C)c(Cl)c2C)c1C. The highest BCUT2D eigenvalue weighted by Crippen LogP contribution is 2.23. The van der Waals surface area contributed by atoms with Crippen molar-refractivity contribution in [3.05, 3.63) is 28.3 Å². The van der Waals surface area contributed by atoms with Crippen molar-refractivity contribution in [3.63, 3.8) is 0 Å². The standard InChI is InChI=1S/C14H20ClN5O/c1-6-19-9(3)12(7-16-19)17-14(21)11(5)20-10(4)13(15)8(2)18-20/h7,11H,6H2,1-5H3,(H,17,21). The predicted molar refractivity (Wildman–Crippen MR) is 82.7 cm³/mol. The van der Waals surface area contributed by atoms with Crippen molar-refractivity contribution in [3.8, 4) is 0 Å². The smallest absolute Gasteiger partial charge is 0.249 e. The summed E-state index contributed by atoms with van der Waals surface area (Å²) in [6.07, 6.45) is 1.66. The number of halogens is 1. The highest BCUT2D eigenvalue weighted by atomic mass is 35.5. The van der Waals surface area contributed by atoms with Crippen LogP contribution < -0.4 is 5.32 Å². The third-order valence-corrected chi connectivity index (χ3v) is 4.19. The van der Waals surface area contributed by atoms with Gasteiger partial charge in [0.25, 0.3) is 0 Å². The zero-order chi connectivity index (χ0) is 15.7. The number of hydrogen-bond donors (Lipinski definition) is 1. The molecule has 1 unspecified atom stereocenters. The molecule has 0 aliphatic rings. The van der Waals surface area contributed by atoms with E-state index in [1.807, 2.05) is 32.4 Å². The number of aromatic nitrogens is 4. The second kappa shape index (κ2) is 5.89. The molecule has 0 aromatic carbocycles. The molecule has 7 heteroatoms. The van der Waals surface area contributed by atoms with Crippen LogP contribution in [0.3, 0.4) is 0 Å². The van der Waals surface area contributed by atoms with E-state index < -0.39 is 6.04 Å². The molecule has 2 rings (SSSR count). The normalized spacial score (nSPS) is 12.5. The van der Waals surface area contributed by atoms with E-state index in [0.717, 1.165) is 29.3 Å². The van der Waals surface area contributed by atoms with Crippen LogP contribution in [-0.2, 0) is 11.3 Å². The minimum absolute atomic E-state index is 0.143. The van der Waals surface area contributed by atoms with Crippen LogP contribution >= 0.6 is 11.6 Å². The first-order valence-electron chi connectivity index (χ1n) is 6.91. The number of anilines is 1. The highest BCUT2D eigenvalue weighted by Gasteiger charge is 2.21. The van der Waals surface area contributed by atoms with Gasteiger partial charge in [-0.05, 0) is 34.6 Å². The zero-order valence-electron chi connectivity index (χ0n) is 12.9. The maximum absolute atomic E-state index is 12.4. The summed E-state index contributed by atoms with van der Waals surface area (Å²) >= 11 is 6.13. The molecule has 2 aromatic rings. The third kappa shape index (κ3) is 2.81. The van der Waals surface area contributed by atoms with Gasteiger partial charge in [-0.3, -0.25) is 14.2 Å². The third-order valence-electron chi connectivity index (χ3n) is 3.64. The van der Waals surface area contributed by atoms with Crippen molar-refractivity contribution in [2.24, 2.45) is 0 Å². The number of rotatable bonds is 4. The maximum Gasteiger partial charge on any atom is 0.249 e. The summed E-state index contributed by atoms with van der Waals surface area (Å²) in [6.45, 7) is 10.2. The molecule has 114 valence electrons. The Morgan fingerprint density at radius 3 is 2.52 bits per heavy atom. The molecule has 21 heavy (non-hydrogen) atoms. The van der Waals surface area contributed by atoms with Gasteiger partial charge < -0.3 is 5.32 Å². The monoisotopic (exact) mass is 309 g/mol. The fourth-order valence-corrected chi connectivity index (χ4v) is 2.38. The van der Waals surface area contributed by atoms with Crippen molar-refractivity contribution in [2.45, 2.75) is 47.2 Å². The summed E-state index contributed by atoms with van der Waals surface area (Å²) in [7, 11) is 0. The van der Waals surface area contributed by atoms with Crippen LogP contribution in [0.5, 0.6) is 0 Å². The lowest BCUT2D eigenvalue weighted by molar-refractivity contribution is -0.119. The molecule has 0 saturated carbocycles. The van der Waals surface area contributed by atoms with E-state index in [0.29, 0.717) is 5.02 Å². The van der Waals surface area contributed by atoms with Gasteiger partial charge in [0.1, 0.15) is 6.04 Å². The van der Waals surface area contributed by atoms with E-state index in [9.17, 15) is 4.79 Å². The summed E-state index contributed by atoms with van der Waals surface area (Å²) in [4.78, 5) is 12.4. The highest BCUT2D eigenvalue weighted by molar-refractivity contribution is 6.31. The Hall–Kier alpha value is -1.82. The van der Waals surface area contributed by atoms with Crippen LogP contribution in [0.4, 0.5) is 5.69 Å². The van der Waals surface area contributed by atoms with E-state index >= 15 is 0 Å². The molecule has 1 amide bonds. The van der Waals surface area contributed by atoms with Crippen LogP contribution in [0.15, 0.2) is 6.20 Å². The van der Waals surface area contributed by atoms with Gasteiger partial charge in [0.2, 0.25) is 5.91 Å². The molecule has 1 atom stereocenters. The zero-order valence-corrected chi connectivity index (χ0v) is 13.7.